The topological polar surface area (TPSA) is 81.5 Å². The first-order valence-electron chi connectivity index (χ1n) is 7.94. The van der Waals surface area contributed by atoms with Crippen molar-refractivity contribution in [2.75, 3.05) is 4.31 Å². The molecule has 0 aliphatic rings. The molecule has 0 aliphatic carbocycles. The van der Waals surface area contributed by atoms with Gasteiger partial charge in [-0.25, -0.2) is 9.18 Å². The molecule has 0 spiro atoms. The highest BCUT2D eigenvalue weighted by Gasteiger charge is 2.37. The number of halogens is 1. The normalized spacial score (nSPS) is 13.3. The molecule has 0 aliphatic heterocycles. The second-order valence-electron chi connectivity index (χ2n) is 6.78. The lowest BCUT2D eigenvalue weighted by Gasteiger charge is -2.31. The van der Waals surface area contributed by atoms with Crippen molar-refractivity contribution in [1.82, 2.24) is 9.78 Å². The number of ether oxygens (including phenoxy) is 1. The van der Waals surface area contributed by atoms with Crippen LogP contribution in [0.2, 0.25) is 0 Å². The molecule has 0 fully saturated rings. The molecule has 7 nitrogen and oxygen atoms in total. The molecule has 2 rings (SSSR count). The fourth-order valence-electron chi connectivity index (χ4n) is 2.36. The Bertz CT molecular complexity index is 885. The summed E-state index contributed by atoms with van der Waals surface area (Å²) >= 11 is 0. The standard InChI is InChI=1S/C17H22FN3O4S/c1-12(16(22)25-17(2,3)4)21(14-8-6-13(18)7-9-14)26(23,24)15-10-11-19-20(15)5/h6-12H,1-5H3. The lowest BCUT2D eigenvalue weighted by atomic mass is 10.2. The summed E-state index contributed by atoms with van der Waals surface area (Å²) < 4.78 is 47.1. The van der Waals surface area contributed by atoms with E-state index in [0.717, 1.165) is 16.4 Å². The Labute approximate surface area is 152 Å². The Hall–Kier alpha value is -2.42. The van der Waals surface area contributed by atoms with E-state index in [4.69, 9.17) is 4.74 Å². The molecule has 1 atom stereocenters. The highest BCUT2D eigenvalue weighted by Crippen LogP contribution is 2.27. The van der Waals surface area contributed by atoms with Gasteiger partial charge in [0, 0.05) is 7.05 Å². The summed E-state index contributed by atoms with van der Waals surface area (Å²) in [6, 6.07) is 5.01. The number of rotatable bonds is 5. The van der Waals surface area contributed by atoms with Crippen molar-refractivity contribution in [2.45, 2.75) is 44.4 Å². The Morgan fingerprint density at radius 3 is 2.27 bits per heavy atom. The quantitative estimate of drug-likeness (QED) is 0.741. The highest BCUT2D eigenvalue weighted by atomic mass is 32.2. The van der Waals surface area contributed by atoms with Crippen molar-refractivity contribution >= 4 is 21.7 Å². The zero-order valence-corrected chi connectivity index (χ0v) is 16.1. The van der Waals surface area contributed by atoms with Gasteiger partial charge >= 0.3 is 5.97 Å². The Morgan fingerprint density at radius 2 is 1.81 bits per heavy atom. The molecule has 0 amide bonds. The van der Waals surface area contributed by atoms with Crippen LogP contribution < -0.4 is 4.31 Å². The molecular formula is C17H22FN3O4S. The summed E-state index contributed by atoms with van der Waals surface area (Å²) in [5.74, 6) is -1.23. The molecule has 142 valence electrons. The van der Waals surface area contributed by atoms with Crippen LogP contribution in [-0.4, -0.2) is 35.8 Å². The van der Waals surface area contributed by atoms with E-state index < -0.39 is 33.5 Å². The average Bonchev–Trinajstić information content (AvgIpc) is 2.94. The van der Waals surface area contributed by atoms with Crippen LogP contribution in [0.1, 0.15) is 27.7 Å². The van der Waals surface area contributed by atoms with Crippen molar-refractivity contribution in [3.63, 3.8) is 0 Å². The summed E-state index contributed by atoms with van der Waals surface area (Å²) in [7, 11) is -2.66. The number of sulfonamides is 1. The van der Waals surface area contributed by atoms with Crippen LogP contribution in [0.3, 0.4) is 0 Å². The van der Waals surface area contributed by atoms with Gasteiger partial charge in [0.05, 0.1) is 11.9 Å². The number of benzene rings is 1. The molecule has 0 saturated heterocycles. The summed E-state index contributed by atoms with van der Waals surface area (Å²) in [4.78, 5) is 12.5. The van der Waals surface area contributed by atoms with Gasteiger partial charge in [-0.15, -0.1) is 0 Å². The number of carbonyl (C=O) groups excluding carboxylic acids is 1. The third kappa shape index (κ3) is 4.21. The first-order chi connectivity index (χ1) is 11.9. The number of hydrogen-bond donors (Lipinski definition) is 0. The largest absolute Gasteiger partial charge is 0.458 e. The van der Waals surface area contributed by atoms with Crippen molar-refractivity contribution in [3.8, 4) is 0 Å². The average molecular weight is 383 g/mol. The van der Waals surface area contributed by atoms with Crippen LogP contribution >= 0.6 is 0 Å². The second-order valence-corrected chi connectivity index (χ2v) is 8.54. The number of esters is 1. The van der Waals surface area contributed by atoms with Gasteiger partial charge < -0.3 is 4.74 Å². The highest BCUT2D eigenvalue weighted by molar-refractivity contribution is 7.92. The Morgan fingerprint density at radius 1 is 1.23 bits per heavy atom. The smallest absolute Gasteiger partial charge is 0.330 e. The zero-order chi connectivity index (χ0) is 19.7. The van der Waals surface area contributed by atoms with Crippen molar-refractivity contribution in [2.24, 2.45) is 7.05 Å². The van der Waals surface area contributed by atoms with E-state index in [1.165, 1.54) is 43.0 Å². The monoisotopic (exact) mass is 383 g/mol. The Kier molecular flexibility index (Phi) is 5.41. The Balaban J connectivity index is 2.54. The van der Waals surface area contributed by atoms with Crippen LogP contribution in [-0.2, 0) is 26.6 Å². The fraction of sp³-hybridized carbons (Fsp3) is 0.412. The van der Waals surface area contributed by atoms with Crippen LogP contribution in [0.25, 0.3) is 0 Å². The fourth-order valence-corrected chi connectivity index (χ4v) is 4.07. The maximum atomic E-state index is 13.3. The summed E-state index contributed by atoms with van der Waals surface area (Å²) in [6.45, 7) is 6.49. The number of carbonyl (C=O) groups is 1. The molecule has 0 N–H and O–H groups in total. The predicted molar refractivity (Wildman–Crippen MR) is 94.6 cm³/mol. The molecule has 1 aromatic heterocycles. The molecule has 26 heavy (non-hydrogen) atoms. The van der Waals surface area contributed by atoms with E-state index in [2.05, 4.69) is 5.10 Å². The van der Waals surface area contributed by atoms with Crippen molar-refractivity contribution in [1.29, 1.82) is 0 Å². The van der Waals surface area contributed by atoms with Crippen molar-refractivity contribution < 1.29 is 22.3 Å². The van der Waals surface area contributed by atoms with Gasteiger partial charge in [0.2, 0.25) is 0 Å². The number of anilines is 1. The van der Waals surface area contributed by atoms with Gasteiger partial charge in [-0.1, -0.05) is 0 Å². The van der Waals surface area contributed by atoms with Gasteiger partial charge in [-0.3, -0.25) is 8.99 Å². The second kappa shape index (κ2) is 7.06. The molecule has 0 radical (unpaired) electrons. The molecule has 0 bridgehead atoms. The first-order valence-corrected chi connectivity index (χ1v) is 9.38. The van der Waals surface area contributed by atoms with Crippen LogP contribution in [0.5, 0.6) is 0 Å². The SMILES string of the molecule is CC(C(=O)OC(C)(C)C)N(c1ccc(F)cc1)S(=O)(=O)c1ccnn1C. The molecular weight excluding hydrogens is 361 g/mol. The van der Waals surface area contributed by atoms with E-state index >= 15 is 0 Å². The molecule has 1 unspecified atom stereocenters. The van der Waals surface area contributed by atoms with Crippen LogP contribution in [0.15, 0.2) is 41.6 Å². The molecule has 2 aromatic rings. The van der Waals surface area contributed by atoms with E-state index in [9.17, 15) is 17.6 Å². The number of nitrogens with zero attached hydrogens (tertiary/aromatic N) is 3. The maximum absolute atomic E-state index is 13.3. The maximum Gasteiger partial charge on any atom is 0.330 e. The van der Waals surface area contributed by atoms with Crippen LogP contribution in [0.4, 0.5) is 10.1 Å². The predicted octanol–water partition coefficient (Wildman–Crippen LogP) is 2.48. The molecule has 1 heterocycles. The number of aryl methyl sites for hydroxylation is 1. The van der Waals surface area contributed by atoms with Gasteiger partial charge in [-0.2, -0.15) is 13.5 Å². The van der Waals surface area contributed by atoms with Gasteiger partial charge in [0.15, 0.2) is 5.03 Å². The molecule has 9 heteroatoms. The van der Waals surface area contributed by atoms with Gasteiger partial charge in [-0.05, 0) is 58.0 Å². The summed E-state index contributed by atoms with van der Waals surface area (Å²) in [5.41, 5.74) is -0.637. The summed E-state index contributed by atoms with van der Waals surface area (Å²) in [6.07, 6.45) is 1.34. The van der Waals surface area contributed by atoms with E-state index in [-0.39, 0.29) is 10.7 Å². The third-order valence-corrected chi connectivity index (χ3v) is 5.45. The molecule has 0 saturated carbocycles. The van der Waals surface area contributed by atoms with Gasteiger partial charge in [0.1, 0.15) is 17.5 Å². The van der Waals surface area contributed by atoms with E-state index in [1.54, 1.807) is 20.8 Å². The van der Waals surface area contributed by atoms with E-state index in [1.807, 2.05) is 0 Å². The van der Waals surface area contributed by atoms with E-state index in [0.29, 0.717) is 0 Å². The first kappa shape index (κ1) is 19.9. The lowest BCUT2D eigenvalue weighted by Crippen LogP contribution is -2.46. The minimum absolute atomic E-state index is 0.0998. The van der Waals surface area contributed by atoms with Crippen molar-refractivity contribution in [3.05, 3.63) is 42.3 Å². The minimum atomic E-state index is -4.14. The van der Waals surface area contributed by atoms with Gasteiger partial charge in [0.25, 0.3) is 10.0 Å². The number of aromatic nitrogens is 2. The minimum Gasteiger partial charge on any atom is -0.458 e. The zero-order valence-electron chi connectivity index (χ0n) is 15.3. The summed E-state index contributed by atoms with van der Waals surface area (Å²) in [5, 5.41) is 3.77. The number of hydrogen-bond acceptors (Lipinski definition) is 5. The van der Waals surface area contributed by atoms with Crippen LogP contribution in [0, 0.1) is 5.82 Å². The molecule has 1 aromatic carbocycles. The third-order valence-electron chi connectivity index (χ3n) is 3.48. The lowest BCUT2D eigenvalue weighted by molar-refractivity contribution is -0.155.